The van der Waals surface area contributed by atoms with Gasteiger partial charge in [-0.15, -0.1) is 0 Å². The fraction of sp³-hybridized carbons (Fsp3) is 0.250. The summed E-state index contributed by atoms with van der Waals surface area (Å²) in [5, 5.41) is 7.61. The molecule has 0 aromatic carbocycles. The third-order valence-corrected chi connectivity index (χ3v) is 3.89. The molecule has 0 atom stereocenters. The minimum Gasteiger partial charge on any atom is -0.370 e. The van der Waals surface area contributed by atoms with Gasteiger partial charge >= 0.3 is 0 Å². The Morgan fingerprint density at radius 1 is 1.38 bits per heavy atom. The van der Waals surface area contributed by atoms with Gasteiger partial charge in [0.2, 0.25) is 0 Å². The highest BCUT2D eigenvalue weighted by molar-refractivity contribution is 9.10. The summed E-state index contributed by atoms with van der Waals surface area (Å²) >= 11 is 5.18. The number of hydrogen-bond donors (Lipinski definition) is 1. The van der Waals surface area contributed by atoms with Gasteiger partial charge in [0.15, 0.2) is 0 Å². The predicted molar refractivity (Wildman–Crippen MR) is 73.2 cm³/mol. The SMILES string of the molecule is Cc1nc(NCCc2ccsc2)ccc1Br. The van der Waals surface area contributed by atoms with E-state index in [0.717, 1.165) is 29.0 Å². The zero-order valence-electron chi connectivity index (χ0n) is 9.03. The summed E-state index contributed by atoms with van der Waals surface area (Å²) in [6.45, 7) is 2.92. The molecule has 0 radical (unpaired) electrons. The van der Waals surface area contributed by atoms with Crippen molar-refractivity contribution in [1.82, 2.24) is 4.98 Å². The smallest absolute Gasteiger partial charge is 0.126 e. The van der Waals surface area contributed by atoms with Crippen molar-refractivity contribution in [1.29, 1.82) is 0 Å². The predicted octanol–water partition coefficient (Wildman–Crippen LogP) is 3.87. The van der Waals surface area contributed by atoms with E-state index in [1.165, 1.54) is 5.56 Å². The second kappa shape index (κ2) is 5.46. The zero-order valence-corrected chi connectivity index (χ0v) is 11.4. The number of nitrogens with zero attached hydrogens (tertiary/aromatic N) is 1. The molecule has 2 aromatic heterocycles. The molecule has 0 spiro atoms. The van der Waals surface area contributed by atoms with Crippen LogP contribution in [0.5, 0.6) is 0 Å². The Kier molecular flexibility index (Phi) is 3.96. The molecule has 2 aromatic rings. The average Bonchev–Trinajstić information content (AvgIpc) is 2.76. The van der Waals surface area contributed by atoms with Gasteiger partial charge in [-0.2, -0.15) is 11.3 Å². The molecular weight excluding hydrogens is 284 g/mol. The molecule has 2 heterocycles. The van der Waals surface area contributed by atoms with Gasteiger partial charge in [0, 0.05) is 11.0 Å². The molecule has 1 N–H and O–H groups in total. The van der Waals surface area contributed by atoms with E-state index in [1.807, 2.05) is 19.1 Å². The molecule has 2 rings (SSSR count). The summed E-state index contributed by atoms with van der Waals surface area (Å²) in [4.78, 5) is 4.44. The van der Waals surface area contributed by atoms with Crippen LogP contribution in [0.4, 0.5) is 5.82 Å². The Hall–Kier alpha value is -0.870. The molecule has 0 aliphatic rings. The van der Waals surface area contributed by atoms with E-state index in [2.05, 4.69) is 43.1 Å². The summed E-state index contributed by atoms with van der Waals surface area (Å²) < 4.78 is 1.05. The number of aryl methyl sites for hydroxylation is 1. The van der Waals surface area contributed by atoms with Gasteiger partial charge in [-0.05, 0) is 63.8 Å². The van der Waals surface area contributed by atoms with Crippen molar-refractivity contribution in [3.05, 3.63) is 44.7 Å². The van der Waals surface area contributed by atoms with E-state index < -0.39 is 0 Å². The fourth-order valence-electron chi connectivity index (χ4n) is 1.41. The maximum Gasteiger partial charge on any atom is 0.126 e. The average molecular weight is 297 g/mol. The number of thiophene rings is 1. The molecule has 0 saturated carbocycles. The molecular formula is C12H13BrN2S. The molecule has 84 valence electrons. The largest absolute Gasteiger partial charge is 0.370 e. The van der Waals surface area contributed by atoms with E-state index in [4.69, 9.17) is 0 Å². The molecule has 2 nitrogen and oxygen atoms in total. The van der Waals surface area contributed by atoms with Gasteiger partial charge in [-0.25, -0.2) is 4.98 Å². The van der Waals surface area contributed by atoms with Crippen molar-refractivity contribution in [3.63, 3.8) is 0 Å². The number of hydrogen-bond acceptors (Lipinski definition) is 3. The monoisotopic (exact) mass is 296 g/mol. The summed E-state index contributed by atoms with van der Waals surface area (Å²) in [5.41, 5.74) is 2.40. The van der Waals surface area contributed by atoms with Gasteiger partial charge in [0.25, 0.3) is 0 Å². The standard InChI is InChI=1S/C12H13BrN2S/c1-9-11(13)2-3-12(15-9)14-6-4-10-5-7-16-8-10/h2-3,5,7-8H,4,6H2,1H3,(H,14,15). The Morgan fingerprint density at radius 2 is 2.25 bits per heavy atom. The van der Waals surface area contributed by atoms with Crippen LogP contribution in [-0.2, 0) is 6.42 Å². The van der Waals surface area contributed by atoms with Gasteiger partial charge < -0.3 is 5.32 Å². The van der Waals surface area contributed by atoms with E-state index in [-0.39, 0.29) is 0 Å². The van der Waals surface area contributed by atoms with Crippen molar-refractivity contribution in [2.75, 3.05) is 11.9 Å². The van der Waals surface area contributed by atoms with Crippen LogP contribution in [0.3, 0.4) is 0 Å². The van der Waals surface area contributed by atoms with E-state index in [1.54, 1.807) is 11.3 Å². The lowest BCUT2D eigenvalue weighted by molar-refractivity contribution is 1.01. The first-order valence-electron chi connectivity index (χ1n) is 5.14. The summed E-state index contributed by atoms with van der Waals surface area (Å²) in [5.74, 6) is 0.941. The third-order valence-electron chi connectivity index (χ3n) is 2.32. The molecule has 16 heavy (non-hydrogen) atoms. The Balaban J connectivity index is 1.87. The minimum absolute atomic E-state index is 0.921. The van der Waals surface area contributed by atoms with E-state index >= 15 is 0 Å². The van der Waals surface area contributed by atoms with Gasteiger partial charge in [-0.3, -0.25) is 0 Å². The first-order valence-corrected chi connectivity index (χ1v) is 6.87. The molecule has 0 bridgehead atoms. The lowest BCUT2D eigenvalue weighted by Crippen LogP contribution is -2.06. The van der Waals surface area contributed by atoms with Crippen molar-refractivity contribution in [2.45, 2.75) is 13.3 Å². The number of nitrogens with one attached hydrogen (secondary N) is 1. The lowest BCUT2D eigenvalue weighted by Gasteiger charge is -2.06. The normalized spacial score (nSPS) is 10.4. The summed E-state index contributed by atoms with van der Waals surface area (Å²) in [6, 6.07) is 6.17. The van der Waals surface area contributed by atoms with Crippen LogP contribution < -0.4 is 5.32 Å². The number of halogens is 1. The molecule has 0 saturated heterocycles. The van der Waals surface area contributed by atoms with E-state index in [9.17, 15) is 0 Å². The molecule has 0 unspecified atom stereocenters. The Bertz CT molecular complexity index is 454. The van der Waals surface area contributed by atoms with Crippen molar-refractivity contribution >= 4 is 33.1 Å². The molecule has 0 aliphatic carbocycles. The quantitative estimate of drug-likeness (QED) is 0.926. The lowest BCUT2D eigenvalue weighted by atomic mass is 10.2. The topological polar surface area (TPSA) is 24.9 Å². The van der Waals surface area contributed by atoms with Crippen LogP contribution in [0.2, 0.25) is 0 Å². The van der Waals surface area contributed by atoms with Crippen LogP contribution in [0.15, 0.2) is 33.4 Å². The van der Waals surface area contributed by atoms with Gasteiger partial charge in [0.05, 0.1) is 5.69 Å². The third kappa shape index (κ3) is 3.06. The fourth-order valence-corrected chi connectivity index (χ4v) is 2.34. The highest BCUT2D eigenvalue weighted by Crippen LogP contribution is 2.16. The Morgan fingerprint density at radius 3 is 2.94 bits per heavy atom. The maximum atomic E-state index is 4.44. The molecule has 0 aliphatic heterocycles. The highest BCUT2D eigenvalue weighted by Gasteiger charge is 1.98. The first kappa shape index (κ1) is 11.6. The summed E-state index contributed by atoms with van der Waals surface area (Å²) in [7, 11) is 0. The zero-order chi connectivity index (χ0) is 11.4. The maximum absolute atomic E-state index is 4.44. The van der Waals surface area contributed by atoms with Gasteiger partial charge in [0.1, 0.15) is 5.82 Å². The second-order valence-electron chi connectivity index (χ2n) is 3.57. The number of anilines is 1. The van der Waals surface area contributed by atoms with Crippen molar-refractivity contribution in [2.24, 2.45) is 0 Å². The van der Waals surface area contributed by atoms with E-state index in [0.29, 0.717) is 0 Å². The molecule has 0 fully saturated rings. The number of pyridine rings is 1. The first-order chi connectivity index (χ1) is 7.75. The van der Waals surface area contributed by atoms with Crippen LogP contribution in [0.1, 0.15) is 11.3 Å². The van der Waals surface area contributed by atoms with Crippen LogP contribution in [0.25, 0.3) is 0 Å². The molecule has 4 heteroatoms. The highest BCUT2D eigenvalue weighted by atomic mass is 79.9. The van der Waals surface area contributed by atoms with Crippen molar-refractivity contribution < 1.29 is 0 Å². The number of aromatic nitrogens is 1. The minimum atomic E-state index is 0.921. The molecule has 0 amide bonds. The Labute approximate surface area is 108 Å². The van der Waals surface area contributed by atoms with Crippen molar-refractivity contribution in [3.8, 4) is 0 Å². The van der Waals surface area contributed by atoms with Crippen LogP contribution in [-0.4, -0.2) is 11.5 Å². The number of rotatable bonds is 4. The van der Waals surface area contributed by atoms with Crippen LogP contribution >= 0.6 is 27.3 Å². The van der Waals surface area contributed by atoms with Crippen LogP contribution in [0, 0.1) is 6.92 Å². The second-order valence-corrected chi connectivity index (χ2v) is 5.21. The summed E-state index contributed by atoms with van der Waals surface area (Å²) in [6.07, 6.45) is 1.04. The van der Waals surface area contributed by atoms with Gasteiger partial charge in [-0.1, -0.05) is 0 Å².